The van der Waals surface area contributed by atoms with E-state index in [1.54, 1.807) is 6.92 Å². The number of carboxylic acid groups (broad SMARTS) is 2. The van der Waals surface area contributed by atoms with E-state index < -0.39 is 72.7 Å². The summed E-state index contributed by atoms with van der Waals surface area (Å²) in [6, 6.07) is 8.89. The van der Waals surface area contributed by atoms with Crippen molar-refractivity contribution in [2.45, 2.75) is 51.4 Å². The molecular weight excluding hydrogens is 666 g/mol. The van der Waals surface area contributed by atoms with Crippen molar-refractivity contribution >= 4 is 36.1 Å². The second kappa shape index (κ2) is 18.1. The molecule has 0 aliphatic rings. The standard InChI is InChI=1S/C33H36F2N4O11/c1-3-24(39(48)17-40)29(22(35)13-18-5-8-20(34)9-6-18)32(45)37-16-36-31(44)26-12-11-25(50-26)19-7-10-21(27(14-19)49-4-2)30(43)38-23(33(46)47)15-28(41)42/h5-12,14,17,22-24,29,48H,3-4,13,15-16H2,1-2H3,(H,36,44)(H,37,45)(H,38,43)(H,41,42)(H,46,47)/t22?,23-,24+,29+/m0/s1. The highest BCUT2D eigenvalue weighted by atomic mass is 19.1. The van der Waals surface area contributed by atoms with Gasteiger partial charge < -0.3 is 35.3 Å². The van der Waals surface area contributed by atoms with Crippen LogP contribution in [0.25, 0.3) is 11.3 Å². The molecule has 4 amide bonds. The second-order valence-corrected chi connectivity index (χ2v) is 10.8. The number of amides is 4. The minimum absolute atomic E-state index is 0.00291. The summed E-state index contributed by atoms with van der Waals surface area (Å²) in [5, 5.41) is 35.3. The van der Waals surface area contributed by atoms with Gasteiger partial charge in [0, 0.05) is 12.0 Å². The van der Waals surface area contributed by atoms with Crippen molar-refractivity contribution in [3.63, 3.8) is 0 Å². The molecule has 1 aromatic heterocycles. The van der Waals surface area contributed by atoms with E-state index in [1.807, 2.05) is 0 Å². The molecule has 268 valence electrons. The number of hydroxylamine groups is 2. The smallest absolute Gasteiger partial charge is 0.326 e. The Balaban J connectivity index is 1.70. The molecule has 3 rings (SSSR count). The molecule has 0 spiro atoms. The third kappa shape index (κ3) is 10.3. The number of hydrogen-bond acceptors (Lipinski definition) is 9. The molecule has 0 saturated carbocycles. The average Bonchev–Trinajstić information content (AvgIpc) is 3.58. The van der Waals surface area contributed by atoms with Crippen molar-refractivity contribution in [3.05, 3.63) is 77.3 Å². The van der Waals surface area contributed by atoms with E-state index in [-0.39, 0.29) is 53.8 Å². The van der Waals surface area contributed by atoms with Crippen LogP contribution in [0, 0.1) is 11.7 Å². The van der Waals surface area contributed by atoms with Gasteiger partial charge in [-0.15, -0.1) is 0 Å². The van der Waals surface area contributed by atoms with E-state index in [9.17, 15) is 43.5 Å². The lowest BCUT2D eigenvalue weighted by Gasteiger charge is -2.31. The van der Waals surface area contributed by atoms with Gasteiger partial charge in [0.15, 0.2) is 5.76 Å². The van der Waals surface area contributed by atoms with Gasteiger partial charge in [0.05, 0.1) is 37.2 Å². The van der Waals surface area contributed by atoms with Crippen LogP contribution in [0.5, 0.6) is 5.75 Å². The molecule has 6 N–H and O–H groups in total. The molecule has 15 nitrogen and oxygen atoms in total. The normalized spacial score (nSPS) is 13.2. The van der Waals surface area contributed by atoms with Gasteiger partial charge in [-0.2, -0.15) is 0 Å². The zero-order chi connectivity index (χ0) is 37.0. The number of alkyl halides is 1. The van der Waals surface area contributed by atoms with E-state index in [0.717, 1.165) is 12.1 Å². The number of furan rings is 1. The first-order valence-corrected chi connectivity index (χ1v) is 15.3. The number of nitrogens with one attached hydrogen (secondary N) is 3. The number of aliphatic carboxylic acids is 2. The summed E-state index contributed by atoms with van der Waals surface area (Å²) in [4.78, 5) is 72.3. The molecule has 3 aromatic rings. The van der Waals surface area contributed by atoms with E-state index in [0.29, 0.717) is 11.1 Å². The molecule has 1 unspecified atom stereocenters. The Bertz CT molecular complexity index is 1680. The topological polar surface area (TPSA) is 225 Å². The van der Waals surface area contributed by atoms with Gasteiger partial charge in [-0.3, -0.25) is 29.2 Å². The van der Waals surface area contributed by atoms with Gasteiger partial charge >= 0.3 is 11.9 Å². The summed E-state index contributed by atoms with van der Waals surface area (Å²) in [6.45, 7) is 2.79. The Hall–Kier alpha value is -5.84. The third-order valence-corrected chi connectivity index (χ3v) is 7.45. The molecule has 0 bridgehead atoms. The Morgan fingerprint density at radius 3 is 2.28 bits per heavy atom. The fourth-order valence-electron chi connectivity index (χ4n) is 5.02. The molecule has 0 fully saturated rings. The largest absolute Gasteiger partial charge is 0.493 e. The van der Waals surface area contributed by atoms with Crippen molar-refractivity contribution in [2.75, 3.05) is 13.3 Å². The number of carboxylic acids is 2. The number of ether oxygens (including phenoxy) is 1. The first-order chi connectivity index (χ1) is 23.8. The molecular formula is C33H36F2N4O11. The lowest BCUT2D eigenvalue weighted by Crippen LogP contribution is -2.51. The summed E-state index contributed by atoms with van der Waals surface area (Å²) < 4.78 is 40.0. The first-order valence-electron chi connectivity index (χ1n) is 15.3. The minimum Gasteiger partial charge on any atom is -0.493 e. The highest BCUT2D eigenvalue weighted by Gasteiger charge is 2.38. The fraction of sp³-hybridized carbons (Fsp3) is 0.333. The number of nitrogens with zero attached hydrogens (tertiary/aromatic N) is 1. The Labute approximate surface area is 284 Å². The number of carbonyl (C=O) groups is 6. The van der Waals surface area contributed by atoms with E-state index >= 15 is 4.39 Å². The SMILES string of the molecule is CCOc1cc(-c2ccc(C(=O)NCNC(=O)[C@H](C(F)Cc3ccc(F)cc3)[C@@H](CC)N(O)C=O)o2)ccc1C(=O)N[C@@H](CC(=O)O)C(=O)O. The zero-order valence-electron chi connectivity index (χ0n) is 26.9. The second-order valence-electron chi connectivity index (χ2n) is 10.8. The maximum Gasteiger partial charge on any atom is 0.326 e. The fourth-order valence-corrected chi connectivity index (χ4v) is 5.02. The Morgan fingerprint density at radius 2 is 1.68 bits per heavy atom. The predicted molar refractivity (Wildman–Crippen MR) is 169 cm³/mol. The monoisotopic (exact) mass is 702 g/mol. The van der Waals surface area contributed by atoms with E-state index in [1.165, 1.54) is 49.4 Å². The molecule has 1 heterocycles. The third-order valence-electron chi connectivity index (χ3n) is 7.45. The number of benzene rings is 2. The molecule has 0 saturated heterocycles. The van der Waals surface area contributed by atoms with Crippen LogP contribution in [0.3, 0.4) is 0 Å². The van der Waals surface area contributed by atoms with Crippen LogP contribution < -0.4 is 20.7 Å². The van der Waals surface area contributed by atoms with Crippen molar-refractivity contribution in [1.29, 1.82) is 0 Å². The summed E-state index contributed by atoms with van der Waals surface area (Å²) in [7, 11) is 0. The molecule has 50 heavy (non-hydrogen) atoms. The molecule has 4 atom stereocenters. The van der Waals surface area contributed by atoms with Gasteiger partial charge in [-0.25, -0.2) is 18.6 Å². The molecule has 2 aromatic carbocycles. The number of halogens is 2. The van der Waals surface area contributed by atoms with Gasteiger partial charge in [0.25, 0.3) is 11.8 Å². The van der Waals surface area contributed by atoms with Crippen LogP contribution in [0.2, 0.25) is 0 Å². The van der Waals surface area contributed by atoms with Crippen molar-refractivity contribution in [3.8, 4) is 17.1 Å². The molecule has 0 aliphatic carbocycles. The van der Waals surface area contributed by atoms with Gasteiger partial charge in [-0.05, 0) is 55.3 Å². The predicted octanol–water partition coefficient (Wildman–Crippen LogP) is 2.77. The Morgan fingerprint density at radius 1 is 0.980 bits per heavy atom. The van der Waals surface area contributed by atoms with Gasteiger partial charge in [0.2, 0.25) is 12.3 Å². The molecule has 0 aliphatic heterocycles. The van der Waals surface area contributed by atoms with E-state index in [2.05, 4.69) is 16.0 Å². The maximum absolute atomic E-state index is 15.5. The summed E-state index contributed by atoms with van der Waals surface area (Å²) in [5.74, 6) is -7.67. The lowest BCUT2D eigenvalue weighted by atomic mass is 9.88. The van der Waals surface area contributed by atoms with Gasteiger partial charge in [0.1, 0.15) is 29.5 Å². The van der Waals surface area contributed by atoms with Gasteiger partial charge in [-0.1, -0.05) is 25.1 Å². The zero-order valence-corrected chi connectivity index (χ0v) is 26.9. The van der Waals surface area contributed by atoms with Crippen LogP contribution in [0.15, 0.2) is 59.0 Å². The molecule has 0 radical (unpaired) electrons. The van der Waals surface area contributed by atoms with Crippen LogP contribution in [-0.4, -0.2) is 88.1 Å². The van der Waals surface area contributed by atoms with Crippen LogP contribution in [0.1, 0.15) is 53.2 Å². The minimum atomic E-state index is -1.91. The summed E-state index contributed by atoms with van der Waals surface area (Å²) in [5.41, 5.74) is 0.643. The summed E-state index contributed by atoms with van der Waals surface area (Å²) >= 11 is 0. The van der Waals surface area contributed by atoms with Crippen LogP contribution in [0.4, 0.5) is 8.78 Å². The highest BCUT2D eigenvalue weighted by molar-refractivity contribution is 6.00. The van der Waals surface area contributed by atoms with Crippen molar-refractivity contribution < 1.29 is 62.1 Å². The quantitative estimate of drug-likeness (QED) is 0.0461. The highest BCUT2D eigenvalue weighted by Crippen LogP contribution is 2.29. The van der Waals surface area contributed by atoms with E-state index in [4.69, 9.17) is 14.3 Å². The number of carbonyl (C=O) groups excluding carboxylic acids is 4. The van der Waals surface area contributed by atoms with Crippen molar-refractivity contribution in [1.82, 2.24) is 21.0 Å². The number of hydrogen-bond donors (Lipinski definition) is 6. The van der Waals surface area contributed by atoms with Crippen LogP contribution >= 0.6 is 0 Å². The Kier molecular flexibility index (Phi) is 14.0. The lowest BCUT2D eigenvalue weighted by molar-refractivity contribution is -0.171. The average molecular weight is 703 g/mol. The number of rotatable bonds is 19. The first kappa shape index (κ1) is 38.6. The van der Waals surface area contributed by atoms with Crippen LogP contribution in [-0.2, 0) is 25.6 Å². The molecule has 17 heteroatoms. The summed E-state index contributed by atoms with van der Waals surface area (Å²) in [6.07, 6.45) is -3.03. The maximum atomic E-state index is 15.5. The van der Waals surface area contributed by atoms with Crippen molar-refractivity contribution in [2.24, 2.45) is 5.92 Å².